The van der Waals surface area contributed by atoms with E-state index >= 15 is 0 Å². The highest BCUT2D eigenvalue weighted by Crippen LogP contribution is 2.47. The second kappa shape index (κ2) is 8.44. The van der Waals surface area contributed by atoms with Crippen molar-refractivity contribution in [3.8, 4) is 0 Å². The van der Waals surface area contributed by atoms with Crippen molar-refractivity contribution in [2.75, 3.05) is 33.2 Å². The monoisotopic (exact) mass is 256 g/mol. The third-order valence-corrected chi connectivity index (χ3v) is 7.48. The van der Waals surface area contributed by atoms with Crippen molar-refractivity contribution in [1.29, 1.82) is 0 Å². The minimum Gasteiger partial charge on any atom is -0.360 e. The van der Waals surface area contributed by atoms with Crippen LogP contribution in [0.3, 0.4) is 0 Å². The van der Waals surface area contributed by atoms with Crippen molar-refractivity contribution in [2.45, 2.75) is 19.8 Å². The van der Waals surface area contributed by atoms with Crippen molar-refractivity contribution < 1.29 is 23.1 Å². The van der Waals surface area contributed by atoms with Crippen molar-refractivity contribution >= 4 is 17.1 Å². The molecule has 0 radical (unpaired) electrons. The Kier molecular flexibility index (Phi) is 8.60. The van der Waals surface area contributed by atoms with Crippen molar-refractivity contribution in [3.63, 3.8) is 0 Å². The van der Waals surface area contributed by atoms with Gasteiger partial charge in [-0.2, -0.15) is 0 Å². The van der Waals surface area contributed by atoms with E-state index in [9.17, 15) is 4.57 Å². The summed E-state index contributed by atoms with van der Waals surface area (Å²) in [6.45, 7) is 4.40. The Bertz CT molecular complexity index is 187. The Morgan fingerprint density at radius 2 is 1.60 bits per heavy atom. The maximum Gasteiger partial charge on any atom is 0.327 e. The smallest absolute Gasteiger partial charge is 0.327 e. The molecule has 0 atom stereocenters. The van der Waals surface area contributed by atoms with E-state index in [4.69, 9.17) is 18.5 Å². The third kappa shape index (κ3) is 6.45. The van der Waals surface area contributed by atoms with Crippen LogP contribution in [-0.2, 0) is 23.1 Å². The summed E-state index contributed by atoms with van der Waals surface area (Å²) in [5.74, 6) is 0.223. The van der Waals surface area contributed by atoms with Crippen LogP contribution >= 0.6 is 7.60 Å². The summed E-state index contributed by atoms with van der Waals surface area (Å²) in [5.41, 5.74) is 0. The van der Waals surface area contributed by atoms with E-state index in [1.165, 1.54) is 0 Å². The molecule has 15 heavy (non-hydrogen) atoms. The molecule has 0 unspecified atom stereocenters. The van der Waals surface area contributed by atoms with Gasteiger partial charge in [0.05, 0.1) is 13.2 Å². The van der Waals surface area contributed by atoms with Crippen LogP contribution in [0.2, 0.25) is 0 Å². The lowest BCUT2D eigenvalue weighted by atomic mass is 10.9. The summed E-state index contributed by atoms with van der Waals surface area (Å²) in [6.07, 6.45) is 0. The van der Waals surface area contributed by atoms with Gasteiger partial charge in [-0.25, -0.2) is 0 Å². The average Bonchev–Trinajstić information content (AvgIpc) is 2.20. The zero-order valence-corrected chi connectivity index (χ0v) is 12.2. The Morgan fingerprint density at radius 1 is 1.13 bits per heavy atom. The molecule has 0 saturated carbocycles. The van der Waals surface area contributed by atoms with Gasteiger partial charge in [0.15, 0.2) is 0 Å². The fourth-order valence-electron chi connectivity index (χ4n) is 1.16. The molecule has 0 aliphatic heterocycles. The summed E-state index contributed by atoms with van der Waals surface area (Å²) >= 11 is 0. The fraction of sp³-hybridized carbons (Fsp3) is 1.00. The number of rotatable bonds is 9. The molecule has 0 aliphatic rings. The largest absolute Gasteiger partial charge is 0.360 e. The first-order chi connectivity index (χ1) is 7.11. The van der Waals surface area contributed by atoms with E-state index in [0.29, 0.717) is 19.0 Å². The molecule has 0 heterocycles. The lowest BCUT2D eigenvalue weighted by molar-refractivity contribution is -0.0438. The van der Waals surface area contributed by atoms with E-state index in [-0.39, 0.29) is 5.91 Å². The maximum absolute atomic E-state index is 12.0. The standard InChI is InChI=1S/C8H21O5PSi/c1-5-12-14(9,13-6-2)7-15-8(10-3)11-4/h8H,5-7,15H2,1-4H3. The minimum atomic E-state index is -2.90. The van der Waals surface area contributed by atoms with Gasteiger partial charge in [0.25, 0.3) is 0 Å². The van der Waals surface area contributed by atoms with Gasteiger partial charge in [0, 0.05) is 20.0 Å². The van der Waals surface area contributed by atoms with Gasteiger partial charge >= 0.3 is 7.60 Å². The van der Waals surface area contributed by atoms with Crippen LogP contribution in [0, 0.1) is 0 Å². The van der Waals surface area contributed by atoms with Crippen LogP contribution < -0.4 is 0 Å². The van der Waals surface area contributed by atoms with Crippen LogP contribution in [0.1, 0.15) is 13.8 Å². The molecule has 0 saturated heterocycles. The van der Waals surface area contributed by atoms with Gasteiger partial charge in [0.1, 0.15) is 15.4 Å². The van der Waals surface area contributed by atoms with Crippen LogP contribution in [0.15, 0.2) is 0 Å². The van der Waals surface area contributed by atoms with Crippen LogP contribution in [0.5, 0.6) is 0 Å². The number of hydrogen-bond acceptors (Lipinski definition) is 5. The SMILES string of the molecule is CCOP(=O)(C[SiH2]C(OC)OC)OCC. The lowest BCUT2D eigenvalue weighted by Gasteiger charge is -2.19. The average molecular weight is 256 g/mol. The minimum absolute atomic E-state index is 0.223. The lowest BCUT2D eigenvalue weighted by Crippen LogP contribution is -2.25. The molecule has 92 valence electrons. The van der Waals surface area contributed by atoms with Crippen LogP contribution in [0.4, 0.5) is 0 Å². The maximum atomic E-state index is 12.0. The first-order valence-electron chi connectivity index (χ1n) is 5.05. The quantitative estimate of drug-likeness (QED) is 0.349. The van der Waals surface area contributed by atoms with Gasteiger partial charge in [-0.3, -0.25) is 4.57 Å². The highest BCUT2D eigenvalue weighted by molar-refractivity contribution is 7.55. The molecule has 0 spiro atoms. The Balaban J connectivity index is 4.10. The first kappa shape index (κ1) is 15.3. The van der Waals surface area contributed by atoms with Gasteiger partial charge in [0.2, 0.25) is 0 Å². The van der Waals surface area contributed by atoms with Crippen molar-refractivity contribution in [1.82, 2.24) is 0 Å². The summed E-state index contributed by atoms with van der Waals surface area (Å²) in [5, 5.41) is 0. The number of ether oxygens (including phenoxy) is 2. The molecule has 7 heteroatoms. The van der Waals surface area contributed by atoms with E-state index < -0.39 is 17.1 Å². The molecule has 0 amide bonds. The first-order valence-corrected chi connectivity index (χ1v) is 8.60. The second-order valence-corrected chi connectivity index (χ2v) is 7.63. The molecular weight excluding hydrogens is 235 g/mol. The van der Waals surface area contributed by atoms with E-state index in [0.717, 1.165) is 0 Å². The van der Waals surface area contributed by atoms with Crippen LogP contribution in [0.25, 0.3) is 0 Å². The summed E-state index contributed by atoms with van der Waals surface area (Å²) < 4.78 is 32.5. The third-order valence-electron chi connectivity index (χ3n) is 1.82. The molecular formula is C8H21O5PSi. The predicted octanol–water partition coefficient (Wildman–Crippen LogP) is 0.955. The van der Waals surface area contributed by atoms with Gasteiger partial charge in [-0.15, -0.1) is 0 Å². The summed E-state index contributed by atoms with van der Waals surface area (Å²) in [6, 6.07) is 0. The van der Waals surface area contributed by atoms with E-state index in [1.807, 2.05) is 0 Å². The molecule has 0 bridgehead atoms. The zero-order chi connectivity index (χ0) is 11.7. The summed E-state index contributed by atoms with van der Waals surface area (Å²) in [4.78, 5) is 0. The molecule has 0 fully saturated rings. The summed E-state index contributed by atoms with van der Waals surface area (Å²) in [7, 11) is -0.521. The Labute approximate surface area is 93.8 Å². The number of hydrogen-bond donors (Lipinski definition) is 0. The van der Waals surface area contributed by atoms with E-state index in [1.54, 1.807) is 28.1 Å². The number of methoxy groups -OCH3 is 2. The molecule has 0 aromatic carbocycles. The van der Waals surface area contributed by atoms with Gasteiger partial charge in [-0.1, -0.05) is 0 Å². The zero-order valence-electron chi connectivity index (χ0n) is 9.89. The Morgan fingerprint density at radius 3 is 1.93 bits per heavy atom. The van der Waals surface area contributed by atoms with Crippen LogP contribution in [-0.4, -0.2) is 48.7 Å². The molecule has 5 nitrogen and oxygen atoms in total. The second-order valence-electron chi connectivity index (χ2n) is 2.86. The predicted molar refractivity (Wildman–Crippen MR) is 62.1 cm³/mol. The van der Waals surface area contributed by atoms with Crippen molar-refractivity contribution in [2.24, 2.45) is 0 Å². The fourth-order valence-corrected chi connectivity index (χ4v) is 5.63. The normalized spacial score (nSPS) is 13.1. The van der Waals surface area contributed by atoms with Crippen molar-refractivity contribution in [3.05, 3.63) is 0 Å². The molecule has 0 aromatic heterocycles. The Hall–Kier alpha value is 0.287. The molecule has 0 aliphatic carbocycles. The molecule has 0 aromatic rings. The highest BCUT2D eigenvalue weighted by atomic mass is 31.2. The topological polar surface area (TPSA) is 54.0 Å². The van der Waals surface area contributed by atoms with Gasteiger partial charge in [-0.05, 0) is 13.8 Å². The molecule has 0 N–H and O–H groups in total. The van der Waals surface area contributed by atoms with E-state index in [2.05, 4.69) is 0 Å². The van der Waals surface area contributed by atoms with Gasteiger partial charge < -0.3 is 18.5 Å². The highest BCUT2D eigenvalue weighted by Gasteiger charge is 2.25. The molecule has 0 rings (SSSR count).